The van der Waals surface area contributed by atoms with Crippen molar-refractivity contribution in [2.75, 3.05) is 31.2 Å². The number of rotatable bonds is 2. The Morgan fingerprint density at radius 1 is 1.04 bits per heavy atom. The third-order valence-electron chi connectivity index (χ3n) is 3.61. The zero-order chi connectivity index (χ0) is 18.9. The topological polar surface area (TPSA) is 79.8 Å². The first-order valence-electron chi connectivity index (χ1n) is 8.97. The Morgan fingerprint density at radius 2 is 1.77 bits per heavy atom. The highest BCUT2D eigenvalue weighted by Crippen LogP contribution is 2.26. The van der Waals surface area contributed by atoms with Crippen LogP contribution in [0.2, 0.25) is 5.28 Å². The largest absolute Gasteiger partial charge is 0.378 e. The zero-order valence-corrected chi connectivity index (χ0v) is 16.4. The molecule has 1 saturated heterocycles. The first-order chi connectivity index (χ1) is 12.8. The number of nitrogens with one attached hydrogen (secondary N) is 1. The molecule has 0 aliphatic carbocycles. The van der Waals surface area contributed by atoms with Gasteiger partial charge in [0.15, 0.2) is 5.65 Å². The van der Waals surface area contributed by atoms with Gasteiger partial charge in [-0.05, 0) is 23.7 Å². The predicted octanol–water partition coefficient (Wildman–Crippen LogP) is 3.96. The van der Waals surface area contributed by atoms with E-state index in [2.05, 4.69) is 29.8 Å². The van der Waals surface area contributed by atoms with Crippen LogP contribution in [0.15, 0.2) is 24.7 Å². The molecule has 1 aliphatic rings. The van der Waals surface area contributed by atoms with Gasteiger partial charge in [0.05, 0.1) is 19.5 Å². The fourth-order valence-corrected chi connectivity index (χ4v) is 2.69. The molecule has 0 aromatic carbocycles. The van der Waals surface area contributed by atoms with E-state index in [1.165, 1.54) is 0 Å². The van der Waals surface area contributed by atoms with Gasteiger partial charge in [0.2, 0.25) is 5.28 Å². The highest BCUT2D eigenvalue weighted by molar-refractivity contribution is 6.28. The van der Waals surface area contributed by atoms with Crippen LogP contribution in [0.4, 0.5) is 5.82 Å². The number of morpholine rings is 1. The van der Waals surface area contributed by atoms with Crippen molar-refractivity contribution in [2.24, 2.45) is 0 Å². The van der Waals surface area contributed by atoms with Crippen LogP contribution < -0.4 is 4.90 Å². The molecule has 140 valence electrons. The van der Waals surface area contributed by atoms with E-state index in [0.29, 0.717) is 11.3 Å². The van der Waals surface area contributed by atoms with Gasteiger partial charge in [-0.25, -0.2) is 15.0 Å². The highest BCUT2D eigenvalue weighted by atomic mass is 35.5. The van der Waals surface area contributed by atoms with E-state index in [1.54, 1.807) is 12.5 Å². The number of anilines is 1. The van der Waals surface area contributed by atoms with Crippen molar-refractivity contribution in [3.63, 3.8) is 0 Å². The Labute approximate surface area is 158 Å². The van der Waals surface area contributed by atoms with Crippen LogP contribution in [0.5, 0.6) is 0 Å². The van der Waals surface area contributed by atoms with E-state index in [4.69, 9.17) is 16.3 Å². The summed E-state index contributed by atoms with van der Waals surface area (Å²) in [5.41, 5.74) is 2.88. The summed E-state index contributed by atoms with van der Waals surface area (Å²) in [7, 11) is 0. The number of fused-ring (bicyclic) bond motifs is 1. The Bertz CT molecular complexity index is 799. The fraction of sp³-hybridized carbons (Fsp3) is 0.444. The minimum Gasteiger partial charge on any atom is -0.378 e. The average Bonchev–Trinajstić information content (AvgIpc) is 3.19. The van der Waals surface area contributed by atoms with Gasteiger partial charge in [0.1, 0.15) is 17.0 Å². The quantitative estimate of drug-likeness (QED) is 0.682. The maximum atomic E-state index is 5.97. The number of H-pyrrole nitrogens is 1. The second kappa shape index (κ2) is 10.0. The molecule has 0 atom stereocenters. The van der Waals surface area contributed by atoms with Crippen molar-refractivity contribution >= 4 is 28.6 Å². The summed E-state index contributed by atoms with van der Waals surface area (Å²) < 4.78 is 5.35. The maximum absolute atomic E-state index is 5.97. The standard InChI is InChI=1S/C14H13ClN6O.2C2H6/c15-14-19-11(12-13(20-14)18-8-17-12)9-1-2-10(16-7-9)21-3-5-22-6-4-21;2*1-2/h1-2,7-8H,3-6H2,(H,17,18,19,20);2*1-2H3. The molecule has 8 heteroatoms. The molecule has 1 N–H and O–H groups in total. The molecule has 0 bridgehead atoms. The normalized spacial score (nSPS) is 13.5. The van der Waals surface area contributed by atoms with Crippen LogP contribution in [0, 0.1) is 0 Å². The van der Waals surface area contributed by atoms with E-state index in [-0.39, 0.29) is 5.28 Å². The average molecular weight is 377 g/mol. The Hall–Kier alpha value is -2.25. The lowest BCUT2D eigenvalue weighted by molar-refractivity contribution is 0.122. The van der Waals surface area contributed by atoms with Crippen molar-refractivity contribution in [3.8, 4) is 11.3 Å². The lowest BCUT2D eigenvalue weighted by Gasteiger charge is -2.27. The van der Waals surface area contributed by atoms with Gasteiger partial charge in [0.25, 0.3) is 0 Å². The number of hydrogen-bond donors (Lipinski definition) is 1. The summed E-state index contributed by atoms with van der Waals surface area (Å²) in [4.78, 5) is 22.3. The molecule has 0 saturated carbocycles. The molecule has 3 aromatic heterocycles. The van der Waals surface area contributed by atoms with Crippen molar-refractivity contribution in [1.29, 1.82) is 0 Å². The summed E-state index contributed by atoms with van der Waals surface area (Å²) >= 11 is 5.97. The molecular formula is C18H25ClN6O. The minimum atomic E-state index is 0.173. The van der Waals surface area contributed by atoms with Gasteiger partial charge in [-0.1, -0.05) is 27.7 Å². The first kappa shape index (κ1) is 20.1. The van der Waals surface area contributed by atoms with E-state index >= 15 is 0 Å². The van der Waals surface area contributed by atoms with Crippen molar-refractivity contribution in [2.45, 2.75) is 27.7 Å². The number of hydrogen-bond acceptors (Lipinski definition) is 6. The molecule has 7 nitrogen and oxygen atoms in total. The van der Waals surface area contributed by atoms with Gasteiger partial charge in [-0.3, -0.25) is 0 Å². The number of aromatic amines is 1. The molecule has 26 heavy (non-hydrogen) atoms. The van der Waals surface area contributed by atoms with Crippen LogP contribution in [0.25, 0.3) is 22.4 Å². The number of pyridine rings is 1. The number of aromatic nitrogens is 5. The molecular weight excluding hydrogens is 352 g/mol. The number of imidazole rings is 1. The van der Waals surface area contributed by atoms with Crippen molar-refractivity contribution in [1.82, 2.24) is 24.9 Å². The molecule has 4 rings (SSSR count). The fourth-order valence-electron chi connectivity index (χ4n) is 2.52. The summed E-state index contributed by atoms with van der Waals surface area (Å²) in [6.07, 6.45) is 3.37. The molecule has 0 spiro atoms. The minimum absolute atomic E-state index is 0.173. The number of ether oxygens (including phenoxy) is 1. The SMILES string of the molecule is CC.CC.Clc1nc(-c2ccc(N3CCOCC3)nc2)c2[nH]cnc2n1. The van der Waals surface area contributed by atoms with Crippen LogP contribution in [-0.2, 0) is 4.74 Å². The van der Waals surface area contributed by atoms with E-state index in [1.807, 2.05) is 39.8 Å². The lowest BCUT2D eigenvalue weighted by Crippen LogP contribution is -2.36. The Kier molecular flexibility index (Phi) is 7.74. The second-order valence-electron chi connectivity index (χ2n) is 4.95. The summed E-state index contributed by atoms with van der Waals surface area (Å²) in [6.45, 7) is 11.2. The van der Waals surface area contributed by atoms with E-state index < -0.39 is 0 Å². The molecule has 0 unspecified atom stereocenters. The highest BCUT2D eigenvalue weighted by Gasteiger charge is 2.14. The van der Waals surface area contributed by atoms with Crippen LogP contribution in [0.1, 0.15) is 27.7 Å². The second-order valence-corrected chi connectivity index (χ2v) is 5.28. The van der Waals surface area contributed by atoms with Crippen molar-refractivity contribution < 1.29 is 4.74 Å². The molecule has 0 amide bonds. The third-order valence-corrected chi connectivity index (χ3v) is 3.78. The lowest BCUT2D eigenvalue weighted by atomic mass is 10.2. The van der Waals surface area contributed by atoms with Gasteiger partial charge >= 0.3 is 0 Å². The molecule has 1 aliphatic heterocycles. The Balaban J connectivity index is 0.000000570. The maximum Gasteiger partial charge on any atom is 0.225 e. The van der Waals surface area contributed by atoms with E-state index in [9.17, 15) is 0 Å². The third kappa shape index (κ3) is 4.47. The van der Waals surface area contributed by atoms with Crippen molar-refractivity contribution in [3.05, 3.63) is 29.9 Å². The summed E-state index contributed by atoms with van der Waals surface area (Å²) in [5, 5.41) is 0.173. The smallest absolute Gasteiger partial charge is 0.225 e. The summed E-state index contributed by atoms with van der Waals surface area (Å²) in [5.74, 6) is 0.938. The van der Waals surface area contributed by atoms with Gasteiger partial charge in [-0.2, -0.15) is 4.98 Å². The van der Waals surface area contributed by atoms with Gasteiger partial charge < -0.3 is 14.6 Å². The monoisotopic (exact) mass is 376 g/mol. The molecule has 0 radical (unpaired) electrons. The summed E-state index contributed by atoms with van der Waals surface area (Å²) in [6, 6.07) is 3.97. The molecule has 4 heterocycles. The van der Waals surface area contributed by atoms with Gasteiger partial charge in [0, 0.05) is 24.8 Å². The Morgan fingerprint density at radius 3 is 2.42 bits per heavy atom. The van der Waals surface area contributed by atoms with Crippen LogP contribution in [0.3, 0.4) is 0 Å². The van der Waals surface area contributed by atoms with Crippen LogP contribution in [-0.4, -0.2) is 51.2 Å². The van der Waals surface area contributed by atoms with Crippen LogP contribution >= 0.6 is 11.6 Å². The number of halogens is 1. The zero-order valence-electron chi connectivity index (χ0n) is 15.7. The number of nitrogens with zero attached hydrogens (tertiary/aromatic N) is 5. The predicted molar refractivity (Wildman–Crippen MR) is 106 cm³/mol. The molecule has 1 fully saturated rings. The van der Waals surface area contributed by atoms with Gasteiger partial charge in [-0.15, -0.1) is 0 Å². The first-order valence-corrected chi connectivity index (χ1v) is 9.35. The van der Waals surface area contributed by atoms with E-state index in [0.717, 1.165) is 43.2 Å². The molecule has 3 aromatic rings.